The van der Waals surface area contributed by atoms with Gasteiger partial charge in [-0.3, -0.25) is 9.59 Å². The Balaban J connectivity index is 2.79. The zero-order valence-electron chi connectivity index (χ0n) is 10.6. The third-order valence-electron chi connectivity index (χ3n) is 2.70. The molecule has 0 saturated carbocycles. The van der Waals surface area contributed by atoms with Gasteiger partial charge in [-0.15, -0.1) is 0 Å². The van der Waals surface area contributed by atoms with Crippen molar-refractivity contribution in [1.29, 1.82) is 0 Å². The molecule has 0 aliphatic carbocycles. The van der Waals surface area contributed by atoms with Crippen molar-refractivity contribution in [2.24, 2.45) is 0 Å². The number of hydrogen-bond donors (Lipinski definition) is 1. The largest absolute Gasteiger partial charge is 0.461 e. The Morgan fingerprint density at radius 3 is 1.95 bits per heavy atom. The van der Waals surface area contributed by atoms with E-state index in [1.165, 1.54) is 24.3 Å². The van der Waals surface area contributed by atoms with E-state index in [0.717, 1.165) is 0 Å². The number of aliphatic hydroxyl groups excluding tert-OH is 1. The number of aliphatic hydroxyl groups is 1. The van der Waals surface area contributed by atoms with Crippen LogP contribution in [0.2, 0.25) is 0 Å². The van der Waals surface area contributed by atoms with E-state index in [0.29, 0.717) is 12.0 Å². The van der Waals surface area contributed by atoms with Crippen molar-refractivity contribution in [2.75, 3.05) is 6.61 Å². The van der Waals surface area contributed by atoms with E-state index in [9.17, 15) is 31.5 Å². The molecule has 8 heteroatoms. The van der Waals surface area contributed by atoms with Crippen LogP contribution in [0.4, 0.5) is 22.0 Å². The summed E-state index contributed by atoms with van der Waals surface area (Å²) in [5.74, 6) is -9.15. The Labute approximate surface area is 116 Å². The molecule has 0 aromatic heterocycles. The van der Waals surface area contributed by atoms with Crippen LogP contribution in [0, 0.1) is 0 Å². The lowest BCUT2D eigenvalue weighted by Gasteiger charge is -2.17. The number of ketones is 2. The Morgan fingerprint density at radius 1 is 1.00 bits per heavy atom. The van der Waals surface area contributed by atoms with Crippen LogP contribution in [-0.2, 0) is 11.2 Å². The number of benzene rings is 1. The van der Waals surface area contributed by atoms with Gasteiger partial charge in [0.15, 0.2) is 5.78 Å². The van der Waals surface area contributed by atoms with E-state index < -0.39 is 30.1 Å². The average molecular weight is 310 g/mol. The molecule has 0 saturated heterocycles. The molecule has 1 rings (SSSR count). The summed E-state index contributed by atoms with van der Waals surface area (Å²) < 4.78 is 61.3. The van der Waals surface area contributed by atoms with Crippen LogP contribution in [0.15, 0.2) is 24.3 Å². The molecule has 1 aromatic carbocycles. The highest BCUT2D eigenvalue weighted by Crippen LogP contribution is 2.37. The predicted molar refractivity (Wildman–Crippen MR) is 62.2 cm³/mol. The molecule has 0 heterocycles. The van der Waals surface area contributed by atoms with Gasteiger partial charge in [-0.05, 0) is 12.0 Å². The minimum Gasteiger partial charge on any atom is -0.396 e. The van der Waals surface area contributed by atoms with Crippen LogP contribution in [0.1, 0.15) is 22.3 Å². The van der Waals surface area contributed by atoms with Gasteiger partial charge in [-0.25, -0.2) is 0 Å². The first kappa shape index (κ1) is 17.2. The van der Waals surface area contributed by atoms with E-state index in [-0.39, 0.29) is 12.2 Å². The number of carbonyl (C=O) groups excluding carboxylic acids is 2. The Morgan fingerprint density at radius 2 is 1.52 bits per heavy atom. The molecule has 3 nitrogen and oxygen atoms in total. The molecule has 1 N–H and O–H groups in total. The summed E-state index contributed by atoms with van der Waals surface area (Å²) in [6.07, 6.45) is -7.25. The topological polar surface area (TPSA) is 54.4 Å². The second-order valence-electron chi connectivity index (χ2n) is 4.27. The zero-order chi connectivity index (χ0) is 16.3. The number of halogens is 5. The number of rotatable bonds is 6. The number of carbonyl (C=O) groups is 2. The first-order valence-corrected chi connectivity index (χ1v) is 5.80. The second-order valence-corrected chi connectivity index (χ2v) is 4.27. The summed E-state index contributed by atoms with van der Waals surface area (Å²) in [4.78, 5) is 22.5. The highest BCUT2D eigenvalue weighted by Gasteiger charge is 2.62. The van der Waals surface area contributed by atoms with Gasteiger partial charge >= 0.3 is 12.1 Å². The highest BCUT2D eigenvalue weighted by atomic mass is 19.4. The van der Waals surface area contributed by atoms with E-state index in [4.69, 9.17) is 5.11 Å². The minimum absolute atomic E-state index is 0.135. The van der Waals surface area contributed by atoms with Crippen molar-refractivity contribution in [2.45, 2.75) is 24.9 Å². The van der Waals surface area contributed by atoms with Crippen molar-refractivity contribution in [3.05, 3.63) is 35.4 Å². The van der Waals surface area contributed by atoms with Gasteiger partial charge in [0.05, 0.1) is 6.42 Å². The van der Waals surface area contributed by atoms with Crippen molar-refractivity contribution >= 4 is 11.6 Å². The summed E-state index contributed by atoms with van der Waals surface area (Å²) in [7, 11) is 0. The highest BCUT2D eigenvalue weighted by molar-refractivity contribution is 6.10. The molecule has 0 fully saturated rings. The average Bonchev–Trinajstić information content (AvgIpc) is 2.38. The molecule has 0 spiro atoms. The quantitative estimate of drug-likeness (QED) is 0.499. The fourth-order valence-electron chi connectivity index (χ4n) is 1.50. The lowest BCUT2D eigenvalue weighted by atomic mass is 10.0. The van der Waals surface area contributed by atoms with Crippen LogP contribution in [0.5, 0.6) is 0 Å². The van der Waals surface area contributed by atoms with E-state index in [2.05, 4.69) is 0 Å². The Kier molecular flexibility index (Phi) is 5.16. The fraction of sp³-hybridized carbons (Fsp3) is 0.385. The molecule has 21 heavy (non-hydrogen) atoms. The summed E-state index contributed by atoms with van der Waals surface area (Å²) >= 11 is 0. The number of hydrogen-bond acceptors (Lipinski definition) is 3. The lowest BCUT2D eigenvalue weighted by Crippen LogP contribution is -2.44. The summed E-state index contributed by atoms with van der Waals surface area (Å²) in [5.41, 5.74) is 0.504. The van der Waals surface area contributed by atoms with Crippen molar-refractivity contribution in [3.63, 3.8) is 0 Å². The molecule has 0 unspecified atom stereocenters. The predicted octanol–water partition coefficient (Wildman–Crippen LogP) is 2.56. The molecule has 0 atom stereocenters. The molecule has 0 bridgehead atoms. The SMILES string of the molecule is O=C(CC(=O)C(F)(F)C(F)(F)F)c1ccc(CCO)cc1. The molecule has 0 radical (unpaired) electrons. The van der Waals surface area contributed by atoms with E-state index in [1.54, 1.807) is 0 Å². The Hall–Kier alpha value is -1.83. The van der Waals surface area contributed by atoms with Gasteiger partial charge in [0.25, 0.3) is 0 Å². The maximum Gasteiger partial charge on any atom is 0.461 e. The van der Waals surface area contributed by atoms with Gasteiger partial charge < -0.3 is 5.11 Å². The summed E-state index contributed by atoms with van der Waals surface area (Å²) in [6.45, 7) is -0.135. The van der Waals surface area contributed by atoms with Crippen molar-refractivity contribution in [1.82, 2.24) is 0 Å². The molecule has 1 aromatic rings. The van der Waals surface area contributed by atoms with Gasteiger partial charge in [0, 0.05) is 12.2 Å². The fourth-order valence-corrected chi connectivity index (χ4v) is 1.50. The van der Waals surface area contributed by atoms with E-state index in [1.807, 2.05) is 0 Å². The minimum atomic E-state index is -6.02. The second kappa shape index (κ2) is 6.30. The molecular formula is C13H11F5O3. The van der Waals surface area contributed by atoms with Gasteiger partial charge in [0.1, 0.15) is 0 Å². The summed E-state index contributed by atoms with van der Waals surface area (Å²) in [6, 6.07) is 5.23. The maximum absolute atomic E-state index is 12.7. The van der Waals surface area contributed by atoms with E-state index >= 15 is 0 Å². The normalized spacial score (nSPS) is 12.3. The Bertz CT molecular complexity index is 520. The molecule has 0 amide bonds. The molecular weight excluding hydrogens is 299 g/mol. The van der Waals surface area contributed by atoms with Crippen molar-refractivity contribution in [3.8, 4) is 0 Å². The van der Waals surface area contributed by atoms with Gasteiger partial charge in [-0.2, -0.15) is 22.0 Å². The zero-order valence-corrected chi connectivity index (χ0v) is 10.6. The van der Waals surface area contributed by atoms with Gasteiger partial charge in [-0.1, -0.05) is 24.3 Å². The first-order valence-electron chi connectivity index (χ1n) is 5.80. The van der Waals surface area contributed by atoms with Crippen molar-refractivity contribution < 1.29 is 36.6 Å². The van der Waals surface area contributed by atoms with Crippen LogP contribution >= 0.6 is 0 Å². The first-order chi connectivity index (χ1) is 9.59. The van der Waals surface area contributed by atoms with Crippen LogP contribution < -0.4 is 0 Å². The van der Waals surface area contributed by atoms with Crippen LogP contribution in [0.3, 0.4) is 0 Å². The maximum atomic E-state index is 12.7. The smallest absolute Gasteiger partial charge is 0.396 e. The van der Waals surface area contributed by atoms with Crippen LogP contribution in [-0.4, -0.2) is 35.4 Å². The third-order valence-corrected chi connectivity index (χ3v) is 2.70. The lowest BCUT2D eigenvalue weighted by molar-refractivity contribution is -0.268. The third kappa shape index (κ3) is 4.07. The molecule has 0 aliphatic heterocycles. The van der Waals surface area contributed by atoms with Gasteiger partial charge in [0.2, 0.25) is 5.78 Å². The number of alkyl halides is 5. The summed E-state index contributed by atoms with van der Waals surface area (Å²) in [5, 5.41) is 8.68. The monoisotopic (exact) mass is 310 g/mol. The standard InChI is InChI=1S/C13H11F5O3/c14-12(15,13(16,17)18)11(21)7-10(20)9-3-1-8(2-4-9)5-6-19/h1-4,19H,5-7H2. The molecule has 0 aliphatic rings. The van der Waals surface area contributed by atoms with Crippen LogP contribution in [0.25, 0.3) is 0 Å². The number of Topliss-reactive ketones (excluding diaryl/α,β-unsaturated/α-hetero) is 2. The molecule has 116 valence electrons.